The Morgan fingerprint density at radius 2 is 2.08 bits per heavy atom. The van der Waals surface area contributed by atoms with Crippen molar-refractivity contribution in [2.75, 3.05) is 38.0 Å². The number of likely N-dealkylation sites (tertiary alicyclic amines) is 1. The van der Waals surface area contributed by atoms with E-state index in [2.05, 4.69) is 27.4 Å². The number of nitrogens with one attached hydrogen (secondary N) is 2. The number of halogens is 1. The van der Waals surface area contributed by atoms with Gasteiger partial charge < -0.3 is 10.6 Å². The molecule has 1 aliphatic rings. The number of amides is 1. The second-order valence-corrected chi connectivity index (χ2v) is 7.09. The molecule has 0 bridgehead atoms. The van der Waals surface area contributed by atoms with Crippen LogP contribution in [0.25, 0.3) is 10.2 Å². The lowest BCUT2D eigenvalue weighted by Gasteiger charge is -2.31. The summed E-state index contributed by atoms with van der Waals surface area (Å²) >= 11 is 1.53. The van der Waals surface area contributed by atoms with E-state index in [9.17, 15) is 4.79 Å². The van der Waals surface area contributed by atoms with Crippen LogP contribution < -0.4 is 10.6 Å². The molecular weight excluding hydrogens is 344 g/mol. The van der Waals surface area contributed by atoms with Gasteiger partial charge in [-0.15, -0.1) is 12.4 Å². The van der Waals surface area contributed by atoms with Gasteiger partial charge in [0, 0.05) is 0 Å². The molecule has 5 nitrogen and oxygen atoms in total. The van der Waals surface area contributed by atoms with Gasteiger partial charge in [0.25, 0.3) is 0 Å². The minimum absolute atomic E-state index is 0. The second kappa shape index (κ2) is 9.32. The first-order chi connectivity index (χ1) is 11.2. The molecule has 1 amide bonds. The van der Waals surface area contributed by atoms with Crippen molar-refractivity contribution in [3.05, 3.63) is 24.3 Å². The number of benzene rings is 1. The summed E-state index contributed by atoms with van der Waals surface area (Å²) in [6, 6.07) is 7.95. The predicted molar refractivity (Wildman–Crippen MR) is 103 cm³/mol. The number of anilines is 1. The average molecular weight is 369 g/mol. The lowest BCUT2D eigenvalue weighted by Crippen LogP contribution is -2.41. The Labute approximate surface area is 153 Å². The average Bonchev–Trinajstić information content (AvgIpc) is 2.96. The van der Waals surface area contributed by atoms with Gasteiger partial charge in [-0.2, -0.15) is 0 Å². The third-order valence-corrected chi connectivity index (χ3v) is 5.25. The van der Waals surface area contributed by atoms with E-state index < -0.39 is 0 Å². The Balaban J connectivity index is 0.00000208. The van der Waals surface area contributed by atoms with Crippen LogP contribution in [0.4, 0.5) is 5.13 Å². The monoisotopic (exact) mass is 368 g/mol. The summed E-state index contributed by atoms with van der Waals surface area (Å²) in [5.41, 5.74) is 0.942. The first kappa shape index (κ1) is 19.1. The van der Waals surface area contributed by atoms with Crippen LogP contribution in [0.2, 0.25) is 0 Å². The molecule has 0 saturated carbocycles. The topological polar surface area (TPSA) is 57.3 Å². The summed E-state index contributed by atoms with van der Waals surface area (Å²) < 4.78 is 1.10. The fraction of sp³-hybridized carbons (Fsp3) is 0.529. The Kier molecular flexibility index (Phi) is 7.42. The lowest BCUT2D eigenvalue weighted by atomic mass is 9.97. The molecule has 0 unspecified atom stereocenters. The summed E-state index contributed by atoms with van der Waals surface area (Å²) in [4.78, 5) is 18.9. The Morgan fingerprint density at radius 1 is 1.33 bits per heavy atom. The maximum absolute atomic E-state index is 12.2. The van der Waals surface area contributed by atoms with Gasteiger partial charge in [-0.3, -0.25) is 9.69 Å². The molecule has 1 aliphatic heterocycles. The van der Waals surface area contributed by atoms with Gasteiger partial charge in [-0.25, -0.2) is 4.98 Å². The van der Waals surface area contributed by atoms with Crippen LogP contribution in [-0.2, 0) is 4.79 Å². The number of para-hydroxylation sites is 1. The molecule has 1 fully saturated rings. The van der Waals surface area contributed by atoms with E-state index >= 15 is 0 Å². The van der Waals surface area contributed by atoms with Crippen LogP contribution in [-0.4, -0.2) is 48.5 Å². The second-order valence-electron chi connectivity index (χ2n) is 6.06. The third-order valence-electron chi connectivity index (χ3n) is 4.30. The highest BCUT2D eigenvalue weighted by Crippen LogP contribution is 2.25. The van der Waals surface area contributed by atoms with Gasteiger partial charge in [0.05, 0.1) is 16.8 Å². The smallest absolute Gasteiger partial charge is 0.240 e. The predicted octanol–water partition coefficient (Wildman–Crippen LogP) is 2.98. The normalized spacial score (nSPS) is 16.0. The fourth-order valence-electron chi connectivity index (χ4n) is 2.98. The van der Waals surface area contributed by atoms with Crippen LogP contribution in [0.1, 0.15) is 19.8 Å². The maximum Gasteiger partial charge on any atom is 0.240 e. The SMILES string of the molecule is CCNCC1CCN(CC(=O)Nc2nc3ccccc3s2)CC1.Cl. The highest BCUT2D eigenvalue weighted by atomic mass is 35.5. The number of hydrogen-bond acceptors (Lipinski definition) is 5. The van der Waals surface area contributed by atoms with Crippen molar-refractivity contribution in [1.82, 2.24) is 15.2 Å². The standard InChI is InChI=1S/C17H24N4OS.ClH/c1-2-18-11-13-7-9-21(10-8-13)12-16(22)20-17-19-14-5-3-4-6-15(14)23-17;/h3-6,13,18H,2,7-12H2,1H3,(H,19,20,22);1H. The van der Waals surface area contributed by atoms with Crippen molar-refractivity contribution >= 4 is 45.0 Å². The number of fused-ring (bicyclic) bond motifs is 1. The quantitative estimate of drug-likeness (QED) is 0.823. The number of aromatic nitrogens is 1. The molecule has 1 aromatic carbocycles. The molecule has 132 valence electrons. The molecule has 7 heteroatoms. The molecule has 1 saturated heterocycles. The van der Waals surface area contributed by atoms with Crippen molar-refractivity contribution in [2.24, 2.45) is 5.92 Å². The van der Waals surface area contributed by atoms with E-state index in [4.69, 9.17) is 0 Å². The van der Waals surface area contributed by atoms with E-state index in [0.717, 1.165) is 42.3 Å². The largest absolute Gasteiger partial charge is 0.317 e. The van der Waals surface area contributed by atoms with E-state index in [-0.39, 0.29) is 18.3 Å². The molecule has 0 aliphatic carbocycles. The zero-order chi connectivity index (χ0) is 16.1. The van der Waals surface area contributed by atoms with Crippen molar-refractivity contribution < 1.29 is 4.79 Å². The number of carbonyl (C=O) groups excluding carboxylic acids is 1. The summed E-state index contributed by atoms with van der Waals surface area (Å²) in [7, 11) is 0. The summed E-state index contributed by atoms with van der Waals surface area (Å²) in [6.45, 7) is 6.74. The Morgan fingerprint density at radius 3 is 2.79 bits per heavy atom. The minimum Gasteiger partial charge on any atom is -0.317 e. The number of piperidine rings is 1. The summed E-state index contributed by atoms with van der Waals surface area (Å²) in [5, 5.41) is 7.05. The van der Waals surface area contributed by atoms with Crippen molar-refractivity contribution in [1.29, 1.82) is 0 Å². The first-order valence-electron chi connectivity index (χ1n) is 8.33. The van der Waals surface area contributed by atoms with Crippen LogP contribution in [0.15, 0.2) is 24.3 Å². The molecule has 0 atom stereocenters. The number of nitrogens with zero attached hydrogens (tertiary/aromatic N) is 2. The number of thiazole rings is 1. The fourth-order valence-corrected chi connectivity index (χ4v) is 3.87. The van der Waals surface area contributed by atoms with E-state index in [1.54, 1.807) is 0 Å². The first-order valence-corrected chi connectivity index (χ1v) is 9.14. The number of carbonyl (C=O) groups is 1. The van der Waals surface area contributed by atoms with Crippen LogP contribution in [0, 0.1) is 5.92 Å². The zero-order valence-electron chi connectivity index (χ0n) is 14.0. The van der Waals surface area contributed by atoms with Gasteiger partial charge in [-0.05, 0) is 57.1 Å². The van der Waals surface area contributed by atoms with Crippen molar-refractivity contribution in [3.63, 3.8) is 0 Å². The Hall–Kier alpha value is -1.21. The van der Waals surface area contributed by atoms with E-state index in [1.165, 1.54) is 24.2 Å². The highest BCUT2D eigenvalue weighted by molar-refractivity contribution is 7.22. The molecule has 3 rings (SSSR count). The minimum atomic E-state index is 0. The van der Waals surface area contributed by atoms with E-state index in [1.807, 2.05) is 24.3 Å². The molecular formula is C17H25ClN4OS. The molecule has 24 heavy (non-hydrogen) atoms. The third kappa shape index (κ3) is 5.14. The van der Waals surface area contributed by atoms with Crippen LogP contribution >= 0.6 is 23.7 Å². The summed E-state index contributed by atoms with van der Waals surface area (Å²) in [5.74, 6) is 0.785. The lowest BCUT2D eigenvalue weighted by molar-refractivity contribution is -0.117. The molecule has 2 aromatic rings. The molecule has 0 spiro atoms. The molecule has 0 radical (unpaired) electrons. The van der Waals surface area contributed by atoms with Crippen LogP contribution in [0.5, 0.6) is 0 Å². The van der Waals surface area contributed by atoms with Gasteiger partial charge in [0.1, 0.15) is 0 Å². The number of hydrogen-bond donors (Lipinski definition) is 2. The van der Waals surface area contributed by atoms with Gasteiger partial charge in [-0.1, -0.05) is 30.4 Å². The molecule has 1 aromatic heterocycles. The molecule has 2 heterocycles. The molecule has 2 N–H and O–H groups in total. The summed E-state index contributed by atoms with van der Waals surface area (Å²) in [6.07, 6.45) is 2.34. The zero-order valence-corrected chi connectivity index (χ0v) is 15.6. The van der Waals surface area contributed by atoms with E-state index in [0.29, 0.717) is 11.7 Å². The van der Waals surface area contributed by atoms with Crippen LogP contribution in [0.3, 0.4) is 0 Å². The van der Waals surface area contributed by atoms with Gasteiger partial charge in [0.15, 0.2) is 5.13 Å². The number of rotatable bonds is 6. The van der Waals surface area contributed by atoms with Gasteiger partial charge >= 0.3 is 0 Å². The highest BCUT2D eigenvalue weighted by Gasteiger charge is 2.20. The van der Waals surface area contributed by atoms with Crippen molar-refractivity contribution in [2.45, 2.75) is 19.8 Å². The maximum atomic E-state index is 12.2. The van der Waals surface area contributed by atoms with Crippen molar-refractivity contribution in [3.8, 4) is 0 Å². The Bertz CT molecular complexity index is 622. The van der Waals surface area contributed by atoms with Gasteiger partial charge in [0.2, 0.25) is 5.91 Å².